The van der Waals surface area contributed by atoms with Gasteiger partial charge >= 0.3 is 0 Å². The normalized spacial score (nSPS) is 13.8. The van der Waals surface area contributed by atoms with Gasteiger partial charge in [-0.3, -0.25) is 4.79 Å². The zero-order chi connectivity index (χ0) is 13.8. The minimum atomic E-state index is -0.0343. The Hall–Kier alpha value is -2.09. The highest BCUT2D eigenvalue weighted by atomic mass is 16.5. The fourth-order valence-corrected chi connectivity index (χ4v) is 1.72. The van der Waals surface area contributed by atoms with Crippen molar-refractivity contribution in [1.82, 2.24) is 15.3 Å². The van der Waals surface area contributed by atoms with Crippen molar-refractivity contribution >= 4 is 17.5 Å². The van der Waals surface area contributed by atoms with E-state index in [1.54, 1.807) is 11.9 Å². The lowest BCUT2D eigenvalue weighted by atomic mass is 10.4. The third-order valence-electron chi connectivity index (χ3n) is 2.81. The Morgan fingerprint density at radius 1 is 1.58 bits per heavy atom. The number of nitrogens with two attached hydrogens (primary N) is 1. The van der Waals surface area contributed by atoms with Crippen molar-refractivity contribution in [2.24, 2.45) is 5.84 Å². The van der Waals surface area contributed by atoms with Gasteiger partial charge in [-0.15, -0.1) is 0 Å². The summed E-state index contributed by atoms with van der Waals surface area (Å²) in [5.74, 6) is 6.61. The van der Waals surface area contributed by atoms with Crippen molar-refractivity contribution in [1.29, 1.82) is 0 Å². The molecule has 0 unspecified atom stereocenters. The van der Waals surface area contributed by atoms with Gasteiger partial charge in [0.1, 0.15) is 6.33 Å². The van der Waals surface area contributed by atoms with Crippen LogP contribution in [0.25, 0.3) is 0 Å². The van der Waals surface area contributed by atoms with E-state index < -0.39 is 0 Å². The average Bonchev–Trinajstić information content (AvgIpc) is 3.21. The topological polar surface area (TPSA) is 105 Å². The standard InChI is InChI=1S/C11H18N6O2/c1-17(5-8(18)15-7-3-4-7)11-9(19-2)10(16-12)13-6-14-11/h6-7H,3-5,12H2,1-2H3,(H,15,18)(H,13,14,16). The maximum Gasteiger partial charge on any atom is 0.239 e. The van der Waals surface area contributed by atoms with Crippen LogP contribution in [0, 0.1) is 0 Å². The predicted molar refractivity (Wildman–Crippen MR) is 70.8 cm³/mol. The highest BCUT2D eigenvalue weighted by Crippen LogP contribution is 2.30. The number of rotatable bonds is 6. The summed E-state index contributed by atoms with van der Waals surface area (Å²) in [7, 11) is 3.26. The third-order valence-corrected chi connectivity index (χ3v) is 2.81. The number of nitrogens with one attached hydrogen (secondary N) is 2. The monoisotopic (exact) mass is 266 g/mol. The molecule has 1 aromatic heterocycles. The van der Waals surface area contributed by atoms with E-state index in [9.17, 15) is 4.79 Å². The summed E-state index contributed by atoms with van der Waals surface area (Å²) in [5.41, 5.74) is 2.43. The molecule has 1 saturated carbocycles. The van der Waals surface area contributed by atoms with Gasteiger partial charge in [-0.1, -0.05) is 0 Å². The van der Waals surface area contributed by atoms with Crippen molar-refractivity contribution in [2.45, 2.75) is 18.9 Å². The summed E-state index contributed by atoms with van der Waals surface area (Å²) in [4.78, 5) is 21.5. The van der Waals surface area contributed by atoms with Crippen molar-refractivity contribution in [2.75, 3.05) is 31.0 Å². The van der Waals surface area contributed by atoms with E-state index in [1.165, 1.54) is 13.4 Å². The smallest absolute Gasteiger partial charge is 0.239 e. The molecular weight excluding hydrogens is 248 g/mol. The Morgan fingerprint density at radius 3 is 2.89 bits per heavy atom. The van der Waals surface area contributed by atoms with E-state index in [0.29, 0.717) is 23.4 Å². The van der Waals surface area contributed by atoms with Crippen molar-refractivity contribution in [3.05, 3.63) is 6.33 Å². The molecule has 0 spiro atoms. The van der Waals surface area contributed by atoms with Gasteiger partial charge in [-0.25, -0.2) is 15.8 Å². The zero-order valence-corrected chi connectivity index (χ0v) is 11.0. The highest BCUT2D eigenvalue weighted by Gasteiger charge is 2.24. The number of likely N-dealkylation sites (N-methyl/N-ethyl adjacent to an activating group) is 1. The summed E-state index contributed by atoms with van der Waals surface area (Å²) in [6.45, 7) is 0.202. The number of methoxy groups -OCH3 is 1. The molecule has 2 rings (SSSR count). The van der Waals surface area contributed by atoms with E-state index in [4.69, 9.17) is 10.6 Å². The van der Waals surface area contributed by atoms with E-state index in [1.807, 2.05) is 0 Å². The Morgan fingerprint density at radius 2 is 2.32 bits per heavy atom. The summed E-state index contributed by atoms with van der Waals surface area (Å²) in [5, 5.41) is 2.92. The Balaban J connectivity index is 2.08. The maximum absolute atomic E-state index is 11.8. The number of hydrazine groups is 1. The van der Waals surface area contributed by atoms with Gasteiger partial charge in [0, 0.05) is 13.1 Å². The van der Waals surface area contributed by atoms with Crippen LogP contribution in [-0.2, 0) is 4.79 Å². The molecule has 8 nitrogen and oxygen atoms in total. The molecule has 0 saturated heterocycles. The number of nitrogens with zero attached hydrogens (tertiary/aromatic N) is 3. The number of hydrogen-bond acceptors (Lipinski definition) is 7. The first kappa shape index (κ1) is 13.3. The number of amides is 1. The number of carbonyl (C=O) groups excluding carboxylic acids is 1. The van der Waals surface area contributed by atoms with Crippen LogP contribution in [0.2, 0.25) is 0 Å². The third kappa shape index (κ3) is 3.22. The lowest BCUT2D eigenvalue weighted by Crippen LogP contribution is -2.36. The van der Waals surface area contributed by atoms with Gasteiger partial charge in [-0.2, -0.15) is 0 Å². The van der Waals surface area contributed by atoms with Crippen molar-refractivity contribution in [3.63, 3.8) is 0 Å². The van der Waals surface area contributed by atoms with Gasteiger partial charge in [0.05, 0.1) is 13.7 Å². The van der Waals surface area contributed by atoms with Gasteiger partial charge in [-0.05, 0) is 12.8 Å². The lowest BCUT2D eigenvalue weighted by molar-refractivity contribution is -0.119. The zero-order valence-electron chi connectivity index (χ0n) is 11.0. The van der Waals surface area contributed by atoms with Crippen LogP contribution in [0.15, 0.2) is 6.33 Å². The summed E-state index contributed by atoms with van der Waals surface area (Å²) in [6.07, 6.45) is 3.49. The molecule has 1 amide bonds. The number of carbonyl (C=O) groups is 1. The number of anilines is 2. The van der Waals surface area contributed by atoms with Crippen LogP contribution < -0.4 is 26.2 Å². The van der Waals surface area contributed by atoms with Gasteiger partial charge in [0.2, 0.25) is 11.7 Å². The Labute approximate surface area is 111 Å². The van der Waals surface area contributed by atoms with Crippen LogP contribution in [0.1, 0.15) is 12.8 Å². The van der Waals surface area contributed by atoms with E-state index in [2.05, 4.69) is 20.7 Å². The fourth-order valence-electron chi connectivity index (χ4n) is 1.72. The van der Waals surface area contributed by atoms with Crippen LogP contribution in [0.4, 0.5) is 11.6 Å². The Kier molecular flexibility index (Phi) is 4.00. The molecular formula is C11H18N6O2. The molecule has 104 valence electrons. The minimum Gasteiger partial charge on any atom is -0.490 e. The lowest BCUT2D eigenvalue weighted by Gasteiger charge is -2.20. The molecule has 0 atom stereocenters. The molecule has 19 heavy (non-hydrogen) atoms. The SMILES string of the molecule is COc1c(NN)ncnc1N(C)CC(=O)NC1CC1. The molecule has 1 heterocycles. The van der Waals surface area contributed by atoms with Gasteiger partial charge in [0.15, 0.2) is 11.6 Å². The number of ether oxygens (including phenoxy) is 1. The van der Waals surface area contributed by atoms with Gasteiger partial charge < -0.3 is 20.4 Å². The summed E-state index contributed by atoms with van der Waals surface area (Å²) < 4.78 is 5.22. The van der Waals surface area contributed by atoms with Crippen LogP contribution in [0.5, 0.6) is 5.75 Å². The van der Waals surface area contributed by atoms with Crippen molar-refractivity contribution < 1.29 is 9.53 Å². The summed E-state index contributed by atoms with van der Waals surface area (Å²) >= 11 is 0. The first-order valence-electron chi connectivity index (χ1n) is 6.01. The molecule has 8 heteroatoms. The number of nitrogen functional groups attached to an aromatic ring is 1. The Bertz CT molecular complexity index is 462. The molecule has 4 N–H and O–H groups in total. The largest absolute Gasteiger partial charge is 0.490 e. The van der Waals surface area contributed by atoms with Crippen molar-refractivity contribution in [3.8, 4) is 5.75 Å². The first-order chi connectivity index (χ1) is 9.15. The molecule has 1 aliphatic carbocycles. The molecule has 0 bridgehead atoms. The summed E-state index contributed by atoms with van der Waals surface area (Å²) in [6, 6.07) is 0.342. The highest BCUT2D eigenvalue weighted by molar-refractivity contribution is 5.82. The quantitative estimate of drug-likeness (QED) is 0.470. The molecule has 0 radical (unpaired) electrons. The maximum atomic E-state index is 11.8. The fraction of sp³-hybridized carbons (Fsp3) is 0.545. The minimum absolute atomic E-state index is 0.0343. The average molecular weight is 266 g/mol. The van der Waals surface area contributed by atoms with Crippen LogP contribution in [-0.4, -0.2) is 42.6 Å². The second kappa shape index (κ2) is 5.70. The number of hydrogen-bond donors (Lipinski definition) is 3. The van der Waals surface area contributed by atoms with Gasteiger partial charge in [0.25, 0.3) is 0 Å². The van der Waals surface area contributed by atoms with E-state index in [-0.39, 0.29) is 12.5 Å². The molecule has 1 aromatic rings. The van der Waals surface area contributed by atoms with E-state index in [0.717, 1.165) is 12.8 Å². The van der Waals surface area contributed by atoms with E-state index >= 15 is 0 Å². The second-order valence-corrected chi connectivity index (χ2v) is 4.42. The molecule has 1 fully saturated rings. The van der Waals surface area contributed by atoms with Crippen LogP contribution >= 0.6 is 0 Å². The first-order valence-corrected chi connectivity index (χ1v) is 6.01. The number of aromatic nitrogens is 2. The molecule has 0 aromatic carbocycles. The molecule has 1 aliphatic rings. The molecule has 0 aliphatic heterocycles. The second-order valence-electron chi connectivity index (χ2n) is 4.42. The van der Waals surface area contributed by atoms with Crippen LogP contribution in [0.3, 0.4) is 0 Å². The predicted octanol–water partition coefficient (Wildman–Crippen LogP) is -0.514.